The Kier molecular flexibility index (Phi) is 5.16. The summed E-state index contributed by atoms with van der Waals surface area (Å²) in [4.78, 5) is 22.5. The lowest BCUT2D eigenvalue weighted by molar-refractivity contribution is -0.124. The van der Waals surface area contributed by atoms with Crippen LogP contribution in [-0.2, 0) is 4.79 Å². The second-order valence-electron chi connectivity index (χ2n) is 5.50. The van der Waals surface area contributed by atoms with Crippen molar-refractivity contribution in [1.82, 2.24) is 5.32 Å². The van der Waals surface area contributed by atoms with Crippen LogP contribution in [0.4, 0.5) is 0 Å². The molecule has 0 aliphatic heterocycles. The van der Waals surface area contributed by atoms with E-state index in [1.165, 1.54) is 12.8 Å². The van der Waals surface area contributed by atoms with Gasteiger partial charge in [-0.2, -0.15) is 0 Å². The van der Waals surface area contributed by atoms with Gasteiger partial charge in [-0.3, -0.25) is 9.59 Å². The zero-order valence-corrected chi connectivity index (χ0v) is 11.8. The van der Waals surface area contributed by atoms with Gasteiger partial charge < -0.3 is 10.1 Å². The maximum absolute atomic E-state index is 11.8. The lowest BCUT2D eigenvalue weighted by Gasteiger charge is -2.26. The zero-order chi connectivity index (χ0) is 14.4. The van der Waals surface area contributed by atoms with Crippen molar-refractivity contribution in [1.29, 1.82) is 0 Å². The van der Waals surface area contributed by atoms with Crippen LogP contribution in [0.2, 0.25) is 0 Å². The number of hydrogen-bond donors (Lipinski definition) is 1. The molecular weight excluding hydrogens is 254 g/mol. The SMILES string of the molecule is CC1CCC(NC(=O)COc2cccc(C=O)c2)CC1. The second-order valence-corrected chi connectivity index (χ2v) is 5.50. The molecule has 0 spiro atoms. The average molecular weight is 275 g/mol. The highest BCUT2D eigenvalue weighted by Gasteiger charge is 2.19. The van der Waals surface area contributed by atoms with Gasteiger partial charge >= 0.3 is 0 Å². The van der Waals surface area contributed by atoms with E-state index in [4.69, 9.17) is 4.74 Å². The van der Waals surface area contributed by atoms with Crippen molar-refractivity contribution < 1.29 is 14.3 Å². The lowest BCUT2D eigenvalue weighted by Crippen LogP contribution is -2.39. The molecule has 1 aliphatic rings. The number of hydrogen-bond acceptors (Lipinski definition) is 3. The minimum absolute atomic E-state index is 0.00559. The van der Waals surface area contributed by atoms with Crippen LogP contribution in [0.3, 0.4) is 0 Å². The highest BCUT2D eigenvalue weighted by Crippen LogP contribution is 2.23. The van der Waals surface area contributed by atoms with Gasteiger partial charge in [0.25, 0.3) is 5.91 Å². The number of nitrogens with one attached hydrogen (secondary N) is 1. The highest BCUT2D eigenvalue weighted by molar-refractivity contribution is 5.78. The Morgan fingerprint density at radius 2 is 2.10 bits per heavy atom. The standard InChI is InChI=1S/C16H21NO3/c1-12-5-7-14(8-6-12)17-16(19)11-20-15-4-2-3-13(9-15)10-18/h2-4,9-10,12,14H,5-8,11H2,1H3,(H,17,19). The normalized spacial score (nSPS) is 22.1. The molecule has 1 aromatic rings. The van der Waals surface area contributed by atoms with Crippen molar-refractivity contribution in [3.8, 4) is 5.75 Å². The molecule has 0 saturated heterocycles. The first-order chi connectivity index (χ1) is 9.67. The zero-order valence-electron chi connectivity index (χ0n) is 11.8. The van der Waals surface area contributed by atoms with E-state index in [9.17, 15) is 9.59 Å². The minimum atomic E-state index is -0.0962. The number of rotatable bonds is 5. The number of carbonyl (C=O) groups is 2. The topological polar surface area (TPSA) is 55.4 Å². The van der Waals surface area contributed by atoms with Gasteiger partial charge in [0.15, 0.2) is 6.61 Å². The van der Waals surface area contributed by atoms with Crippen LogP contribution in [0.1, 0.15) is 43.0 Å². The third-order valence-corrected chi connectivity index (χ3v) is 3.75. The molecule has 0 atom stereocenters. The second kappa shape index (κ2) is 7.08. The summed E-state index contributed by atoms with van der Waals surface area (Å²) >= 11 is 0. The molecular formula is C16H21NO3. The summed E-state index contributed by atoms with van der Waals surface area (Å²) < 4.78 is 5.40. The van der Waals surface area contributed by atoms with Crippen LogP contribution in [0.15, 0.2) is 24.3 Å². The van der Waals surface area contributed by atoms with E-state index >= 15 is 0 Å². The molecule has 2 rings (SSSR count). The van der Waals surface area contributed by atoms with E-state index in [-0.39, 0.29) is 18.6 Å². The first-order valence-corrected chi connectivity index (χ1v) is 7.15. The van der Waals surface area contributed by atoms with Crippen LogP contribution >= 0.6 is 0 Å². The molecule has 0 aromatic heterocycles. The number of benzene rings is 1. The van der Waals surface area contributed by atoms with E-state index in [0.29, 0.717) is 11.3 Å². The molecule has 1 amide bonds. The first-order valence-electron chi connectivity index (χ1n) is 7.15. The molecule has 0 heterocycles. The minimum Gasteiger partial charge on any atom is -0.484 e. The molecule has 4 nitrogen and oxygen atoms in total. The molecule has 0 unspecified atom stereocenters. The van der Waals surface area contributed by atoms with Crippen molar-refractivity contribution in [3.05, 3.63) is 29.8 Å². The van der Waals surface area contributed by atoms with Gasteiger partial charge in [-0.05, 0) is 43.7 Å². The Labute approximate surface area is 119 Å². The summed E-state index contributed by atoms with van der Waals surface area (Å²) in [5.41, 5.74) is 0.546. The molecule has 1 N–H and O–H groups in total. The summed E-state index contributed by atoms with van der Waals surface area (Å²) in [6.07, 6.45) is 5.21. The quantitative estimate of drug-likeness (QED) is 0.840. The summed E-state index contributed by atoms with van der Waals surface area (Å²) in [6.45, 7) is 2.25. The summed E-state index contributed by atoms with van der Waals surface area (Å²) in [5, 5.41) is 3.00. The first kappa shape index (κ1) is 14.6. The third-order valence-electron chi connectivity index (χ3n) is 3.75. The summed E-state index contributed by atoms with van der Waals surface area (Å²) in [5.74, 6) is 1.22. The number of carbonyl (C=O) groups excluding carboxylic acids is 2. The lowest BCUT2D eigenvalue weighted by atomic mass is 9.87. The molecule has 108 valence electrons. The summed E-state index contributed by atoms with van der Waals surface area (Å²) in [7, 11) is 0. The van der Waals surface area contributed by atoms with Gasteiger partial charge in [0.2, 0.25) is 0 Å². The van der Waals surface area contributed by atoms with E-state index in [1.54, 1.807) is 24.3 Å². The Morgan fingerprint density at radius 1 is 1.35 bits per heavy atom. The molecule has 1 fully saturated rings. The predicted molar refractivity (Wildman–Crippen MR) is 76.9 cm³/mol. The maximum Gasteiger partial charge on any atom is 0.258 e. The fraction of sp³-hybridized carbons (Fsp3) is 0.500. The third kappa shape index (κ3) is 4.37. The Bertz CT molecular complexity index is 465. The van der Waals surface area contributed by atoms with Gasteiger partial charge in [0.1, 0.15) is 12.0 Å². The number of amides is 1. The van der Waals surface area contributed by atoms with E-state index in [1.807, 2.05) is 0 Å². The fourth-order valence-corrected chi connectivity index (χ4v) is 2.50. The van der Waals surface area contributed by atoms with Gasteiger partial charge in [0.05, 0.1) is 0 Å². The number of ether oxygens (including phenoxy) is 1. The van der Waals surface area contributed by atoms with Gasteiger partial charge in [0, 0.05) is 11.6 Å². The highest BCUT2D eigenvalue weighted by atomic mass is 16.5. The van der Waals surface area contributed by atoms with Gasteiger partial charge in [-0.25, -0.2) is 0 Å². The van der Waals surface area contributed by atoms with E-state index < -0.39 is 0 Å². The van der Waals surface area contributed by atoms with Gasteiger partial charge in [-0.1, -0.05) is 19.1 Å². The predicted octanol–water partition coefficient (Wildman–Crippen LogP) is 2.57. The van der Waals surface area contributed by atoms with Crippen LogP contribution in [0.5, 0.6) is 5.75 Å². The fourth-order valence-electron chi connectivity index (χ4n) is 2.50. The van der Waals surface area contributed by atoms with Crippen molar-refractivity contribution >= 4 is 12.2 Å². The summed E-state index contributed by atoms with van der Waals surface area (Å²) in [6, 6.07) is 7.08. The molecule has 1 saturated carbocycles. The smallest absolute Gasteiger partial charge is 0.258 e. The van der Waals surface area contributed by atoms with Crippen molar-refractivity contribution in [3.63, 3.8) is 0 Å². The van der Waals surface area contributed by atoms with Gasteiger partial charge in [-0.15, -0.1) is 0 Å². The Morgan fingerprint density at radius 3 is 2.80 bits per heavy atom. The van der Waals surface area contributed by atoms with Crippen LogP contribution in [-0.4, -0.2) is 24.8 Å². The molecule has 1 aromatic carbocycles. The molecule has 20 heavy (non-hydrogen) atoms. The van der Waals surface area contributed by atoms with Crippen molar-refractivity contribution in [2.24, 2.45) is 5.92 Å². The van der Waals surface area contributed by atoms with Crippen molar-refractivity contribution in [2.45, 2.75) is 38.6 Å². The van der Waals surface area contributed by atoms with E-state index in [2.05, 4.69) is 12.2 Å². The van der Waals surface area contributed by atoms with E-state index in [0.717, 1.165) is 25.0 Å². The maximum atomic E-state index is 11.8. The average Bonchev–Trinajstić information content (AvgIpc) is 2.48. The number of aldehydes is 1. The van der Waals surface area contributed by atoms with Crippen molar-refractivity contribution in [2.75, 3.05) is 6.61 Å². The monoisotopic (exact) mass is 275 g/mol. The molecule has 4 heteroatoms. The largest absolute Gasteiger partial charge is 0.484 e. The molecule has 0 bridgehead atoms. The Hall–Kier alpha value is -1.84. The van der Waals surface area contributed by atoms with Crippen LogP contribution in [0, 0.1) is 5.92 Å². The van der Waals surface area contributed by atoms with Crippen LogP contribution in [0.25, 0.3) is 0 Å². The van der Waals surface area contributed by atoms with Crippen LogP contribution < -0.4 is 10.1 Å². The Balaban J connectivity index is 1.75. The molecule has 1 aliphatic carbocycles. The molecule has 0 radical (unpaired) electrons.